The van der Waals surface area contributed by atoms with Gasteiger partial charge in [-0.25, -0.2) is 0 Å². The van der Waals surface area contributed by atoms with Crippen LogP contribution in [0.25, 0.3) is 0 Å². The van der Waals surface area contributed by atoms with Gasteiger partial charge in [-0.2, -0.15) is 0 Å². The first-order valence-electron chi connectivity index (χ1n) is 8.24. The fourth-order valence-electron chi connectivity index (χ4n) is 3.10. The maximum atomic E-state index is 5.29. The van der Waals surface area contributed by atoms with Gasteiger partial charge in [0.25, 0.3) is 0 Å². The lowest BCUT2D eigenvalue weighted by Crippen LogP contribution is -2.37. The SMILES string of the molecule is CCC(NC)c1ccc(N(CCOC)C(C)C2CC2)cc1. The lowest BCUT2D eigenvalue weighted by molar-refractivity contribution is 0.202. The Hall–Kier alpha value is -1.06. The highest BCUT2D eigenvalue weighted by atomic mass is 16.5. The Balaban J connectivity index is 2.11. The molecule has 0 amide bonds. The van der Waals surface area contributed by atoms with Crippen molar-refractivity contribution >= 4 is 5.69 Å². The first-order valence-corrected chi connectivity index (χ1v) is 8.24. The van der Waals surface area contributed by atoms with Crippen molar-refractivity contribution in [1.29, 1.82) is 0 Å². The summed E-state index contributed by atoms with van der Waals surface area (Å²) in [4.78, 5) is 2.51. The number of methoxy groups -OCH3 is 1. The molecule has 1 N–H and O–H groups in total. The van der Waals surface area contributed by atoms with Crippen molar-refractivity contribution in [2.75, 3.05) is 32.2 Å². The molecule has 2 atom stereocenters. The zero-order valence-electron chi connectivity index (χ0n) is 13.9. The normalized spacial score (nSPS) is 17.5. The predicted octanol–water partition coefficient (Wildman–Crippen LogP) is 3.61. The van der Waals surface area contributed by atoms with E-state index in [2.05, 4.69) is 48.3 Å². The van der Waals surface area contributed by atoms with Gasteiger partial charge in [0, 0.05) is 31.4 Å². The van der Waals surface area contributed by atoms with Gasteiger partial charge in [0.2, 0.25) is 0 Å². The van der Waals surface area contributed by atoms with E-state index in [0.29, 0.717) is 12.1 Å². The Bertz CT molecular complexity index is 410. The summed E-state index contributed by atoms with van der Waals surface area (Å²) in [6.07, 6.45) is 3.86. The standard InChI is InChI=1S/C18H30N2O/c1-5-18(19-3)16-8-10-17(11-9-16)20(12-13-21-4)14(2)15-6-7-15/h8-11,14-15,18-19H,5-7,12-13H2,1-4H3. The molecule has 2 rings (SSSR count). The Morgan fingerprint density at radius 2 is 1.95 bits per heavy atom. The number of ether oxygens (including phenoxy) is 1. The zero-order valence-corrected chi connectivity index (χ0v) is 13.9. The van der Waals surface area contributed by atoms with E-state index in [1.165, 1.54) is 24.1 Å². The van der Waals surface area contributed by atoms with Gasteiger partial charge < -0.3 is 15.0 Å². The molecule has 1 saturated carbocycles. The Morgan fingerprint density at radius 1 is 1.29 bits per heavy atom. The molecule has 1 fully saturated rings. The summed E-state index contributed by atoms with van der Waals surface area (Å²) in [5, 5.41) is 3.37. The quantitative estimate of drug-likeness (QED) is 0.752. The molecule has 3 nitrogen and oxygen atoms in total. The molecule has 0 aromatic heterocycles. The van der Waals surface area contributed by atoms with Crippen LogP contribution in [0.3, 0.4) is 0 Å². The van der Waals surface area contributed by atoms with Crippen LogP contribution in [0.4, 0.5) is 5.69 Å². The summed E-state index contributed by atoms with van der Waals surface area (Å²) in [5.41, 5.74) is 2.69. The molecule has 21 heavy (non-hydrogen) atoms. The third kappa shape index (κ3) is 4.21. The number of nitrogens with one attached hydrogen (secondary N) is 1. The van der Waals surface area contributed by atoms with E-state index >= 15 is 0 Å². The molecular weight excluding hydrogens is 260 g/mol. The Kier molecular flexibility index (Phi) is 6.07. The molecule has 1 aromatic carbocycles. The van der Waals surface area contributed by atoms with Crippen LogP contribution in [0.1, 0.15) is 44.7 Å². The summed E-state index contributed by atoms with van der Waals surface area (Å²) >= 11 is 0. The molecule has 0 radical (unpaired) electrons. The van der Waals surface area contributed by atoms with E-state index in [1.54, 1.807) is 7.11 Å². The number of hydrogen-bond donors (Lipinski definition) is 1. The minimum atomic E-state index is 0.451. The molecule has 1 aliphatic carbocycles. The smallest absolute Gasteiger partial charge is 0.0637 e. The molecule has 0 bridgehead atoms. The fraction of sp³-hybridized carbons (Fsp3) is 0.667. The molecule has 0 aliphatic heterocycles. The van der Waals surface area contributed by atoms with Gasteiger partial charge in [-0.3, -0.25) is 0 Å². The molecule has 1 aliphatic rings. The number of rotatable bonds is 9. The largest absolute Gasteiger partial charge is 0.383 e. The molecule has 0 spiro atoms. The van der Waals surface area contributed by atoms with Gasteiger partial charge in [-0.05, 0) is 56.8 Å². The topological polar surface area (TPSA) is 24.5 Å². The van der Waals surface area contributed by atoms with Crippen LogP contribution in [0.2, 0.25) is 0 Å². The average Bonchev–Trinajstić information content (AvgIpc) is 3.35. The first-order chi connectivity index (χ1) is 10.2. The van der Waals surface area contributed by atoms with E-state index in [1.807, 2.05) is 7.05 Å². The molecule has 0 saturated heterocycles. The highest BCUT2D eigenvalue weighted by Gasteiger charge is 2.32. The van der Waals surface area contributed by atoms with E-state index < -0.39 is 0 Å². The molecule has 1 aromatic rings. The zero-order chi connectivity index (χ0) is 15.2. The molecule has 118 valence electrons. The lowest BCUT2D eigenvalue weighted by atomic mass is 10.0. The minimum Gasteiger partial charge on any atom is -0.383 e. The summed E-state index contributed by atoms with van der Waals surface area (Å²) in [5.74, 6) is 0.863. The van der Waals surface area contributed by atoms with Crippen molar-refractivity contribution < 1.29 is 4.74 Å². The predicted molar refractivity (Wildman–Crippen MR) is 89.9 cm³/mol. The van der Waals surface area contributed by atoms with E-state index in [-0.39, 0.29) is 0 Å². The van der Waals surface area contributed by atoms with E-state index in [4.69, 9.17) is 4.74 Å². The second-order valence-corrected chi connectivity index (χ2v) is 6.11. The highest BCUT2D eigenvalue weighted by molar-refractivity contribution is 5.49. The molecule has 0 heterocycles. The summed E-state index contributed by atoms with van der Waals surface area (Å²) in [6, 6.07) is 10.1. The van der Waals surface area contributed by atoms with Gasteiger partial charge in [-0.1, -0.05) is 19.1 Å². The van der Waals surface area contributed by atoms with Crippen molar-refractivity contribution in [2.45, 2.75) is 45.2 Å². The monoisotopic (exact) mass is 290 g/mol. The van der Waals surface area contributed by atoms with Gasteiger partial charge in [0.1, 0.15) is 0 Å². The summed E-state index contributed by atoms with van der Waals surface area (Å²) in [6.45, 7) is 6.32. The van der Waals surface area contributed by atoms with Crippen LogP contribution in [0, 0.1) is 5.92 Å². The third-order valence-electron chi connectivity index (χ3n) is 4.72. The molecular formula is C18H30N2O. The van der Waals surface area contributed by atoms with Crippen LogP contribution in [-0.2, 0) is 4.74 Å². The molecule has 2 unspecified atom stereocenters. The Labute approximate surface area is 129 Å². The lowest BCUT2D eigenvalue weighted by Gasteiger charge is -2.32. The second kappa shape index (κ2) is 7.81. The van der Waals surface area contributed by atoms with Crippen LogP contribution >= 0.6 is 0 Å². The Morgan fingerprint density at radius 3 is 2.43 bits per heavy atom. The highest BCUT2D eigenvalue weighted by Crippen LogP contribution is 2.37. The second-order valence-electron chi connectivity index (χ2n) is 6.11. The van der Waals surface area contributed by atoms with Crippen LogP contribution < -0.4 is 10.2 Å². The van der Waals surface area contributed by atoms with Crippen molar-refractivity contribution in [3.8, 4) is 0 Å². The average molecular weight is 290 g/mol. The van der Waals surface area contributed by atoms with Gasteiger partial charge in [-0.15, -0.1) is 0 Å². The summed E-state index contributed by atoms with van der Waals surface area (Å²) in [7, 11) is 3.81. The number of nitrogens with zero attached hydrogens (tertiary/aromatic N) is 1. The van der Waals surface area contributed by atoms with Crippen LogP contribution in [0.15, 0.2) is 24.3 Å². The molecule has 3 heteroatoms. The third-order valence-corrected chi connectivity index (χ3v) is 4.72. The minimum absolute atomic E-state index is 0.451. The van der Waals surface area contributed by atoms with Crippen molar-refractivity contribution in [3.63, 3.8) is 0 Å². The van der Waals surface area contributed by atoms with Crippen molar-refractivity contribution in [2.24, 2.45) is 5.92 Å². The van der Waals surface area contributed by atoms with Gasteiger partial charge in [0.05, 0.1) is 6.61 Å². The van der Waals surface area contributed by atoms with Gasteiger partial charge >= 0.3 is 0 Å². The maximum absolute atomic E-state index is 5.29. The maximum Gasteiger partial charge on any atom is 0.0637 e. The first kappa shape index (κ1) is 16.3. The fourth-order valence-corrected chi connectivity index (χ4v) is 3.10. The number of anilines is 1. The number of benzene rings is 1. The summed E-state index contributed by atoms with van der Waals surface area (Å²) < 4.78 is 5.29. The van der Waals surface area contributed by atoms with Crippen LogP contribution in [-0.4, -0.2) is 33.4 Å². The van der Waals surface area contributed by atoms with E-state index in [9.17, 15) is 0 Å². The van der Waals surface area contributed by atoms with E-state index in [0.717, 1.165) is 25.5 Å². The van der Waals surface area contributed by atoms with Crippen molar-refractivity contribution in [3.05, 3.63) is 29.8 Å². The van der Waals surface area contributed by atoms with Crippen molar-refractivity contribution in [1.82, 2.24) is 5.32 Å². The van der Waals surface area contributed by atoms with Crippen LogP contribution in [0.5, 0.6) is 0 Å². The van der Waals surface area contributed by atoms with Gasteiger partial charge in [0.15, 0.2) is 0 Å². The number of hydrogen-bond acceptors (Lipinski definition) is 3.